The van der Waals surface area contributed by atoms with E-state index in [1.165, 1.54) is 17.9 Å². The van der Waals surface area contributed by atoms with Gasteiger partial charge in [-0.1, -0.05) is 80.6 Å². The first-order chi connectivity index (χ1) is 16.1. The van der Waals surface area contributed by atoms with Crippen molar-refractivity contribution in [3.05, 3.63) is 83.4 Å². The lowest BCUT2D eigenvalue weighted by Gasteiger charge is -2.35. The van der Waals surface area contributed by atoms with Crippen molar-refractivity contribution in [1.82, 2.24) is 15.5 Å². The second-order valence-corrected chi connectivity index (χ2v) is 8.97. The number of carbonyl (C=O) groups excluding carboxylic acids is 2. The number of benzene rings is 2. The molecule has 0 aliphatic rings. The van der Waals surface area contributed by atoms with E-state index in [0.717, 1.165) is 11.1 Å². The Morgan fingerprint density at radius 2 is 1.59 bits per heavy atom. The summed E-state index contributed by atoms with van der Waals surface area (Å²) in [6.07, 6.45) is 1.80. The third-order valence-corrected chi connectivity index (χ3v) is 6.07. The van der Waals surface area contributed by atoms with Gasteiger partial charge in [-0.05, 0) is 25.1 Å². The summed E-state index contributed by atoms with van der Waals surface area (Å²) in [5, 5.41) is 15.2. The SMILES string of the molecule is CN[C@H](C(=O)NC(Cc1ccccc1)C(=O)N(C)C/C=C(\C)C(=O)O)C(C)(C)c1ccccc1. The number of amides is 2. The molecular formula is C27H35N3O4. The molecule has 3 N–H and O–H groups in total. The van der Waals surface area contributed by atoms with Crippen molar-refractivity contribution in [2.75, 3.05) is 20.6 Å². The van der Waals surface area contributed by atoms with Crippen LogP contribution in [0.2, 0.25) is 0 Å². The third-order valence-electron chi connectivity index (χ3n) is 6.07. The van der Waals surface area contributed by atoms with Crippen molar-refractivity contribution in [3.8, 4) is 0 Å². The van der Waals surface area contributed by atoms with Crippen LogP contribution in [-0.2, 0) is 26.2 Å². The summed E-state index contributed by atoms with van der Waals surface area (Å²) in [6.45, 7) is 5.58. The molecule has 0 fully saturated rings. The maximum Gasteiger partial charge on any atom is 0.331 e. The predicted octanol–water partition coefficient (Wildman–Crippen LogP) is 2.77. The van der Waals surface area contributed by atoms with Gasteiger partial charge in [0.2, 0.25) is 11.8 Å². The number of rotatable bonds is 11. The molecule has 0 saturated heterocycles. The van der Waals surface area contributed by atoms with Gasteiger partial charge in [-0.15, -0.1) is 0 Å². The molecule has 182 valence electrons. The number of hydrogen-bond acceptors (Lipinski definition) is 4. The Morgan fingerprint density at radius 1 is 1.03 bits per heavy atom. The van der Waals surface area contributed by atoms with Gasteiger partial charge in [0, 0.05) is 31.0 Å². The number of carboxylic acid groups (broad SMARTS) is 1. The molecule has 0 spiro atoms. The second-order valence-electron chi connectivity index (χ2n) is 8.97. The van der Waals surface area contributed by atoms with Crippen LogP contribution in [0.3, 0.4) is 0 Å². The number of likely N-dealkylation sites (N-methyl/N-ethyl adjacent to an activating group) is 2. The molecule has 0 aromatic heterocycles. The molecule has 2 aromatic rings. The van der Waals surface area contributed by atoms with Crippen LogP contribution in [0.5, 0.6) is 0 Å². The largest absolute Gasteiger partial charge is 0.478 e. The van der Waals surface area contributed by atoms with E-state index in [9.17, 15) is 14.4 Å². The van der Waals surface area contributed by atoms with Gasteiger partial charge in [0.05, 0.1) is 6.04 Å². The van der Waals surface area contributed by atoms with Gasteiger partial charge in [0.15, 0.2) is 0 Å². The van der Waals surface area contributed by atoms with E-state index in [0.29, 0.717) is 6.42 Å². The first kappa shape index (κ1) is 26.8. The zero-order chi connectivity index (χ0) is 25.3. The van der Waals surface area contributed by atoms with E-state index in [4.69, 9.17) is 5.11 Å². The Kier molecular flexibility index (Phi) is 9.57. The summed E-state index contributed by atoms with van der Waals surface area (Å²) in [5.41, 5.74) is 1.54. The quantitative estimate of drug-likeness (QED) is 0.443. The third kappa shape index (κ3) is 7.02. The highest BCUT2D eigenvalue weighted by Crippen LogP contribution is 2.27. The Bertz CT molecular complexity index is 1000. The van der Waals surface area contributed by atoms with E-state index < -0.39 is 23.5 Å². The van der Waals surface area contributed by atoms with E-state index in [1.807, 2.05) is 74.5 Å². The van der Waals surface area contributed by atoms with Crippen LogP contribution in [0.4, 0.5) is 0 Å². The molecule has 7 nitrogen and oxygen atoms in total. The number of nitrogens with zero attached hydrogens (tertiary/aromatic N) is 1. The van der Waals surface area contributed by atoms with E-state index in [2.05, 4.69) is 10.6 Å². The standard InChI is InChI=1S/C27H35N3O4/c1-19(26(33)34)16-17-30(5)25(32)22(18-20-12-8-6-9-13-20)29-24(31)23(28-4)27(2,3)21-14-10-7-11-15-21/h6-16,22-23,28H,17-18H2,1-5H3,(H,29,31)(H,33,34)/b19-16+/t22?,23-/m1/s1. The first-order valence-electron chi connectivity index (χ1n) is 11.3. The van der Waals surface area contributed by atoms with Crippen molar-refractivity contribution in [2.45, 2.75) is 44.7 Å². The van der Waals surface area contributed by atoms with E-state index in [1.54, 1.807) is 14.1 Å². The highest BCUT2D eigenvalue weighted by molar-refractivity contribution is 5.91. The molecule has 0 radical (unpaired) electrons. The smallest absolute Gasteiger partial charge is 0.331 e. The predicted molar refractivity (Wildman–Crippen MR) is 133 cm³/mol. The number of aliphatic carboxylic acids is 1. The molecule has 2 rings (SSSR count). The zero-order valence-electron chi connectivity index (χ0n) is 20.5. The van der Waals surface area contributed by atoms with Crippen LogP contribution in [-0.4, -0.2) is 60.5 Å². The summed E-state index contributed by atoms with van der Waals surface area (Å²) in [6, 6.07) is 17.9. The van der Waals surface area contributed by atoms with Crippen LogP contribution in [0, 0.1) is 0 Å². The fourth-order valence-electron chi connectivity index (χ4n) is 3.88. The van der Waals surface area contributed by atoms with Gasteiger partial charge in [-0.25, -0.2) is 4.79 Å². The van der Waals surface area contributed by atoms with E-state index in [-0.39, 0.29) is 23.9 Å². The number of carbonyl (C=O) groups is 3. The lowest BCUT2D eigenvalue weighted by molar-refractivity contribution is -0.136. The van der Waals surface area contributed by atoms with Crippen molar-refractivity contribution in [2.24, 2.45) is 0 Å². The summed E-state index contributed by atoms with van der Waals surface area (Å²) in [5.74, 6) is -1.61. The van der Waals surface area contributed by atoms with Crippen molar-refractivity contribution in [3.63, 3.8) is 0 Å². The molecule has 0 aliphatic heterocycles. The Hall–Kier alpha value is -3.45. The van der Waals surface area contributed by atoms with Crippen LogP contribution in [0.15, 0.2) is 72.3 Å². The molecular weight excluding hydrogens is 430 g/mol. The molecule has 7 heteroatoms. The monoisotopic (exact) mass is 465 g/mol. The topological polar surface area (TPSA) is 98.7 Å². The maximum atomic E-state index is 13.4. The normalized spacial score (nSPS) is 13.6. The van der Waals surface area contributed by atoms with Crippen LogP contribution < -0.4 is 10.6 Å². The number of hydrogen-bond donors (Lipinski definition) is 3. The van der Waals surface area contributed by atoms with E-state index >= 15 is 0 Å². The molecule has 0 saturated carbocycles. The van der Waals surface area contributed by atoms with Gasteiger partial charge in [-0.2, -0.15) is 0 Å². The lowest BCUT2D eigenvalue weighted by atomic mass is 9.77. The second kappa shape index (κ2) is 12.1. The fourth-order valence-corrected chi connectivity index (χ4v) is 3.88. The fraction of sp³-hybridized carbons (Fsp3) is 0.370. The zero-order valence-corrected chi connectivity index (χ0v) is 20.5. The number of nitrogens with one attached hydrogen (secondary N) is 2. The minimum Gasteiger partial charge on any atom is -0.478 e. The van der Waals surface area contributed by atoms with Crippen molar-refractivity contribution < 1.29 is 19.5 Å². The van der Waals surface area contributed by atoms with Crippen molar-refractivity contribution in [1.29, 1.82) is 0 Å². The number of carboxylic acids is 1. The molecule has 2 amide bonds. The Balaban J connectivity index is 2.27. The van der Waals surface area contributed by atoms with Crippen molar-refractivity contribution >= 4 is 17.8 Å². The minimum absolute atomic E-state index is 0.128. The van der Waals surface area contributed by atoms with Gasteiger partial charge < -0.3 is 20.6 Å². The highest BCUT2D eigenvalue weighted by Gasteiger charge is 2.37. The van der Waals surface area contributed by atoms with Gasteiger partial charge in [0.25, 0.3) is 0 Å². The van der Waals surface area contributed by atoms with Crippen LogP contribution in [0.1, 0.15) is 31.9 Å². The summed E-state index contributed by atoms with van der Waals surface area (Å²) < 4.78 is 0. The minimum atomic E-state index is -1.03. The molecule has 2 aromatic carbocycles. The maximum absolute atomic E-state index is 13.4. The average molecular weight is 466 g/mol. The Labute approximate surface area is 201 Å². The molecule has 1 unspecified atom stereocenters. The molecule has 0 bridgehead atoms. The summed E-state index contributed by atoms with van der Waals surface area (Å²) >= 11 is 0. The summed E-state index contributed by atoms with van der Waals surface area (Å²) in [4.78, 5) is 39.3. The first-order valence-corrected chi connectivity index (χ1v) is 11.3. The van der Waals surface area contributed by atoms with Gasteiger partial charge in [0.1, 0.15) is 6.04 Å². The van der Waals surface area contributed by atoms with Gasteiger partial charge >= 0.3 is 5.97 Å². The highest BCUT2D eigenvalue weighted by atomic mass is 16.4. The molecule has 34 heavy (non-hydrogen) atoms. The molecule has 2 atom stereocenters. The van der Waals surface area contributed by atoms with Crippen LogP contribution >= 0.6 is 0 Å². The summed E-state index contributed by atoms with van der Waals surface area (Å²) in [7, 11) is 3.33. The molecule has 0 aliphatic carbocycles. The Morgan fingerprint density at radius 3 is 2.12 bits per heavy atom. The lowest BCUT2D eigenvalue weighted by Crippen LogP contribution is -2.58. The molecule has 0 heterocycles. The average Bonchev–Trinajstić information content (AvgIpc) is 2.82. The van der Waals surface area contributed by atoms with Gasteiger partial charge in [-0.3, -0.25) is 9.59 Å². The van der Waals surface area contributed by atoms with Crippen LogP contribution in [0.25, 0.3) is 0 Å².